The largest absolute Gasteiger partial charge is 0.289 e. The summed E-state index contributed by atoms with van der Waals surface area (Å²) in [6, 6.07) is 0. The van der Waals surface area contributed by atoms with Gasteiger partial charge in [0.15, 0.2) is 0 Å². The number of nitrogens with zero attached hydrogens (tertiary/aromatic N) is 1. The summed E-state index contributed by atoms with van der Waals surface area (Å²) in [7, 11) is 3.51. The fourth-order valence-electron chi connectivity index (χ4n) is 0.391. The average molecular weight is 151 g/mol. The molecule has 3 nitrogen and oxygen atoms in total. The Morgan fingerprint density at radius 2 is 2.22 bits per heavy atom. The predicted molar refractivity (Wildman–Crippen MR) is 37.2 cm³/mol. The van der Waals surface area contributed by atoms with Crippen LogP contribution in [0, 0.1) is 0 Å². The summed E-state index contributed by atoms with van der Waals surface area (Å²) in [5.41, 5.74) is 2.55. The van der Waals surface area contributed by atoms with Gasteiger partial charge in [-0.15, -0.1) is 11.6 Å². The molecule has 0 saturated heterocycles. The van der Waals surface area contributed by atoms with Crippen molar-refractivity contribution in [3.8, 4) is 0 Å². The highest BCUT2D eigenvalue weighted by Gasteiger charge is 1.97. The Balaban J connectivity index is 3.27. The minimum atomic E-state index is -0.0463. The highest BCUT2D eigenvalue weighted by molar-refractivity contribution is 6.18. The Bertz CT molecular complexity index is 95.0. The molecule has 0 bridgehead atoms. The summed E-state index contributed by atoms with van der Waals surface area (Å²) in [6.45, 7) is 0. The number of nitrogens with one attached hydrogen (secondary N) is 1. The Morgan fingerprint density at radius 1 is 1.67 bits per heavy atom. The maximum Gasteiger partial charge on any atom is 0.235 e. The molecular formula is C5H11ClN2O. The van der Waals surface area contributed by atoms with Gasteiger partial charge in [-0.1, -0.05) is 0 Å². The van der Waals surface area contributed by atoms with Crippen LogP contribution in [-0.4, -0.2) is 30.9 Å². The zero-order valence-corrected chi connectivity index (χ0v) is 6.40. The van der Waals surface area contributed by atoms with E-state index in [4.69, 9.17) is 11.6 Å². The molecule has 0 atom stereocenters. The van der Waals surface area contributed by atoms with Gasteiger partial charge in [-0.25, -0.2) is 5.01 Å². The van der Waals surface area contributed by atoms with E-state index in [0.29, 0.717) is 12.3 Å². The van der Waals surface area contributed by atoms with Crippen molar-refractivity contribution < 1.29 is 4.79 Å². The summed E-state index contributed by atoms with van der Waals surface area (Å²) < 4.78 is 0. The third kappa shape index (κ3) is 5.59. The van der Waals surface area contributed by atoms with E-state index in [1.807, 2.05) is 0 Å². The lowest BCUT2D eigenvalue weighted by atomic mass is 10.5. The van der Waals surface area contributed by atoms with Crippen molar-refractivity contribution in [2.45, 2.75) is 6.42 Å². The highest BCUT2D eigenvalue weighted by Crippen LogP contribution is 1.83. The van der Waals surface area contributed by atoms with E-state index < -0.39 is 0 Å². The number of hydrazine groups is 1. The fraction of sp³-hybridized carbons (Fsp3) is 0.800. The van der Waals surface area contributed by atoms with E-state index >= 15 is 0 Å². The van der Waals surface area contributed by atoms with Crippen molar-refractivity contribution in [3.05, 3.63) is 0 Å². The van der Waals surface area contributed by atoms with Crippen LogP contribution in [0.25, 0.3) is 0 Å². The molecule has 0 rings (SSSR count). The molecule has 0 aromatic carbocycles. The van der Waals surface area contributed by atoms with Gasteiger partial charge in [-0.3, -0.25) is 10.2 Å². The van der Waals surface area contributed by atoms with Crippen molar-refractivity contribution >= 4 is 17.5 Å². The summed E-state index contributed by atoms with van der Waals surface area (Å²) in [4.78, 5) is 10.6. The number of carbonyl (C=O) groups excluding carboxylic acids is 1. The molecule has 0 aromatic rings. The quantitative estimate of drug-likeness (QED) is 0.461. The minimum absolute atomic E-state index is 0.0463. The number of hydrogen-bond acceptors (Lipinski definition) is 2. The van der Waals surface area contributed by atoms with Gasteiger partial charge < -0.3 is 0 Å². The van der Waals surface area contributed by atoms with E-state index in [0.717, 1.165) is 0 Å². The standard InChI is InChI=1S/C5H11ClN2O/c1-8(2)7-5(9)3-4-6/h3-4H2,1-2H3,(H,7,9). The Kier molecular flexibility index (Phi) is 4.44. The van der Waals surface area contributed by atoms with Crippen LogP contribution in [-0.2, 0) is 4.79 Å². The third-order valence-corrected chi connectivity index (χ3v) is 0.859. The molecule has 0 radical (unpaired) electrons. The zero-order valence-electron chi connectivity index (χ0n) is 5.65. The van der Waals surface area contributed by atoms with Crippen LogP contribution in [0.15, 0.2) is 0 Å². The zero-order chi connectivity index (χ0) is 7.28. The first-order valence-electron chi connectivity index (χ1n) is 2.69. The minimum Gasteiger partial charge on any atom is -0.289 e. The molecule has 0 aromatic heterocycles. The topological polar surface area (TPSA) is 32.3 Å². The summed E-state index contributed by atoms with van der Waals surface area (Å²) in [5, 5.41) is 1.59. The Hall–Kier alpha value is -0.280. The third-order valence-electron chi connectivity index (χ3n) is 0.670. The van der Waals surface area contributed by atoms with E-state index in [1.165, 1.54) is 0 Å². The van der Waals surface area contributed by atoms with Gasteiger partial charge in [-0.2, -0.15) is 0 Å². The van der Waals surface area contributed by atoms with Gasteiger partial charge in [0.1, 0.15) is 0 Å². The number of hydrogen-bond donors (Lipinski definition) is 1. The average Bonchev–Trinajstić information content (AvgIpc) is 1.63. The molecule has 0 fully saturated rings. The van der Waals surface area contributed by atoms with Gasteiger partial charge >= 0.3 is 0 Å². The lowest BCUT2D eigenvalue weighted by molar-refractivity contribution is -0.124. The molecule has 1 N–H and O–H groups in total. The first kappa shape index (κ1) is 8.72. The van der Waals surface area contributed by atoms with Crippen molar-refractivity contribution in [3.63, 3.8) is 0 Å². The second-order valence-corrected chi connectivity index (χ2v) is 2.25. The van der Waals surface area contributed by atoms with Crippen LogP contribution in [0.4, 0.5) is 0 Å². The molecule has 9 heavy (non-hydrogen) atoms. The maximum absolute atomic E-state index is 10.6. The predicted octanol–water partition coefficient (Wildman–Crippen LogP) is 0.208. The molecule has 0 heterocycles. The number of carbonyl (C=O) groups is 1. The van der Waals surface area contributed by atoms with Gasteiger partial charge in [-0.05, 0) is 0 Å². The Labute approximate surface area is 59.9 Å². The molecule has 0 spiro atoms. The molecular weight excluding hydrogens is 140 g/mol. The van der Waals surface area contributed by atoms with Gasteiger partial charge in [0.2, 0.25) is 5.91 Å². The summed E-state index contributed by atoms with van der Waals surface area (Å²) >= 11 is 5.30. The van der Waals surface area contributed by atoms with Crippen LogP contribution >= 0.6 is 11.6 Å². The molecule has 0 aliphatic carbocycles. The van der Waals surface area contributed by atoms with Crippen molar-refractivity contribution in [1.29, 1.82) is 0 Å². The number of rotatable bonds is 3. The Morgan fingerprint density at radius 3 is 2.56 bits per heavy atom. The molecule has 0 aliphatic heterocycles. The summed E-state index contributed by atoms with van der Waals surface area (Å²) in [6.07, 6.45) is 0.375. The van der Waals surface area contributed by atoms with E-state index in [2.05, 4.69) is 5.43 Å². The highest BCUT2D eigenvalue weighted by atomic mass is 35.5. The number of amides is 1. The van der Waals surface area contributed by atoms with Crippen LogP contribution in [0.1, 0.15) is 6.42 Å². The molecule has 54 valence electrons. The number of halogens is 1. The molecule has 1 amide bonds. The molecule has 0 saturated carbocycles. The number of alkyl halides is 1. The maximum atomic E-state index is 10.6. The van der Waals surface area contributed by atoms with Crippen molar-refractivity contribution in [1.82, 2.24) is 10.4 Å². The molecule has 0 unspecified atom stereocenters. The van der Waals surface area contributed by atoms with E-state index in [9.17, 15) is 4.79 Å². The molecule has 4 heteroatoms. The fourth-order valence-corrected chi connectivity index (χ4v) is 0.563. The first-order valence-corrected chi connectivity index (χ1v) is 3.23. The van der Waals surface area contributed by atoms with E-state index in [-0.39, 0.29) is 5.91 Å². The smallest absolute Gasteiger partial charge is 0.235 e. The van der Waals surface area contributed by atoms with E-state index in [1.54, 1.807) is 19.1 Å². The van der Waals surface area contributed by atoms with Gasteiger partial charge in [0.25, 0.3) is 0 Å². The second kappa shape index (κ2) is 4.58. The lowest BCUT2D eigenvalue weighted by Gasteiger charge is -2.09. The monoisotopic (exact) mass is 150 g/mol. The van der Waals surface area contributed by atoms with Gasteiger partial charge in [0, 0.05) is 26.4 Å². The summed E-state index contributed by atoms with van der Waals surface area (Å²) in [5.74, 6) is 0.328. The normalized spacial score (nSPS) is 9.78. The van der Waals surface area contributed by atoms with Gasteiger partial charge in [0.05, 0.1) is 0 Å². The van der Waals surface area contributed by atoms with Crippen LogP contribution < -0.4 is 5.43 Å². The lowest BCUT2D eigenvalue weighted by Crippen LogP contribution is -2.36. The van der Waals surface area contributed by atoms with Crippen LogP contribution in [0.2, 0.25) is 0 Å². The van der Waals surface area contributed by atoms with Crippen molar-refractivity contribution in [2.24, 2.45) is 0 Å². The SMILES string of the molecule is CN(C)NC(=O)CCCl. The van der Waals surface area contributed by atoms with Crippen molar-refractivity contribution in [2.75, 3.05) is 20.0 Å². The molecule has 0 aliphatic rings. The second-order valence-electron chi connectivity index (χ2n) is 1.87. The van der Waals surface area contributed by atoms with Crippen LogP contribution in [0.3, 0.4) is 0 Å². The first-order chi connectivity index (χ1) is 4.16. The van der Waals surface area contributed by atoms with Crippen LogP contribution in [0.5, 0.6) is 0 Å².